The Balaban J connectivity index is 1.98. The van der Waals surface area contributed by atoms with Gasteiger partial charge in [-0.1, -0.05) is 24.3 Å². The number of hydrogen-bond donors (Lipinski definition) is 0. The molecule has 0 saturated carbocycles. The molecule has 3 heteroatoms. The Kier molecular flexibility index (Phi) is 2.28. The summed E-state index contributed by atoms with van der Waals surface area (Å²) in [7, 11) is 0. The molecule has 0 aromatic rings. The minimum absolute atomic E-state index is 0.0947. The summed E-state index contributed by atoms with van der Waals surface area (Å²) >= 11 is 0. The van der Waals surface area contributed by atoms with Crippen LogP contribution in [-0.4, -0.2) is 17.8 Å². The molecule has 4 rings (SSSR count). The summed E-state index contributed by atoms with van der Waals surface area (Å²) in [6.07, 6.45) is 18.7. The third-order valence-corrected chi connectivity index (χ3v) is 4.14. The van der Waals surface area contributed by atoms with Gasteiger partial charge in [-0.25, -0.2) is 9.98 Å². The van der Waals surface area contributed by atoms with Crippen LogP contribution < -0.4 is 0 Å². The summed E-state index contributed by atoms with van der Waals surface area (Å²) in [5, 5.41) is 0. The first-order chi connectivity index (χ1) is 9.38. The van der Waals surface area contributed by atoms with Crippen LogP contribution in [0.25, 0.3) is 0 Å². The molecule has 1 atom stereocenters. The quantitative estimate of drug-likeness (QED) is 0.631. The van der Waals surface area contributed by atoms with Gasteiger partial charge in [0.15, 0.2) is 0 Å². The topological polar surface area (TPSA) is 37.1 Å². The van der Waals surface area contributed by atoms with Gasteiger partial charge in [-0.15, -0.1) is 0 Å². The Morgan fingerprint density at radius 2 is 2.16 bits per heavy atom. The van der Waals surface area contributed by atoms with Gasteiger partial charge in [0.2, 0.25) is 0 Å². The molecule has 2 aliphatic heterocycles. The summed E-state index contributed by atoms with van der Waals surface area (Å²) in [6, 6.07) is 0. The first-order valence-corrected chi connectivity index (χ1v) is 6.83. The second kappa shape index (κ2) is 3.98. The van der Waals surface area contributed by atoms with Gasteiger partial charge in [-0.2, -0.15) is 0 Å². The molecular formula is C16H15N3. The largest absolute Gasteiger partial charge is 0.250 e. The van der Waals surface area contributed by atoms with Crippen molar-refractivity contribution < 1.29 is 0 Å². The number of amidine groups is 1. The highest BCUT2D eigenvalue weighted by atomic mass is 15.0. The van der Waals surface area contributed by atoms with Crippen LogP contribution in [0.3, 0.4) is 0 Å². The van der Waals surface area contributed by atoms with Crippen LogP contribution in [0.4, 0.5) is 0 Å². The van der Waals surface area contributed by atoms with Crippen molar-refractivity contribution in [2.45, 2.75) is 25.7 Å². The van der Waals surface area contributed by atoms with Gasteiger partial charge in [-0.05, 0) is 37.8 Å². The number of rotatable bonds is 0. The second-order valence-corrected chi connectivity index (χ2v) is 5.28. The monoisotopic (exact) mass is 249 g/mol. The van der Waals surface area contributed by atoms with Crippen molar-refractivity contribution >= 4 is 17.8 Å². The van der Waals surface area contributed by atoms with Crippen molar-refractivity contribution in [2.24, 2.45) is 20.4 Å². The van der Waals surface area contributed by atoms with E-state index in [2.05, 4.69) is 41.4 Å². The standard InChI is InChI=1S/C16H15N3/c1-2-7-13-12(6-1)18-14-8-3-4-9-16(14)10-5-11-17-15(16)19-13/h1,3-4,6-8,11H,2,5,9-10H2. The van der Waals surface area contributed by atoms with Crippen LogP contribution >= 0.6 is 0 Å². The van der Waals surface area contributed by atoms with E-state index < -0.39 is 0 Å². The smallest absolute Gasteiger partial charge is 0.141 e. The van der Waals surface area contributed by atoms with Gasteiger partial charge < -0.3 is 0 Å². The molecule has 0 aromatic carbocycles. The highest BCUT2D eigenvalue weighted by Gasteiger charge is 2.42. The summed E-state index contributed by atoms with van der Waals surface area (Å²) in [4.78, 5) is 14.3. The highest BCUT2D eigenvalue weighted by Crippen LogP contribution is 2.45. The predicted octanol–water partition coefficient (Wildman–Crippen LogP) is 3.38. The Morgan fingerprint density at radius 3 is 3.16 bits per heavy atom. The van der Waals surface area contributed by atoms with E-state index in [4.69, 9.17) is 9.98 Å². The number of hydrogen-bond acceptors (Lipinski definition) is 3. The lowest BCUT2D eigenvalue weighted by Gasteiger charge is -2.35. The van der Waals surface area contributed by atoms with Crippen LogP contribution in [0.15, 0.2) is 62.8 Å². The maximum absolute atomic E-state index is 4.88. The summed E-state index contributed by atoms with van der Waals surface area (Å²) in [5.74, 6) is 0.939. The van der Waals surface area contributed by atoms with E-state index in [0.717, 1.165) is 48.6 Å². The van der Waals surface area contributed by atoms with E-state index >= 15 is 0 Å². The summed E-state index contributed by atoms with van der Waals surface area (Å²) in [5.41, 5.74) is 2.98. The molecule has 0 N–H and O–H groups in total. The fourth-order valence-corrected chi connectivity index (χ4v) is 3.10. The zero-order valence-corrected chi connectivity index (χ0v) is 10.7. The SMILES string of the molecule is C1=CCC23CCC=NC2=NC2=CCC=CC2=NC3=C1. The van der Waals surface area contributed by atoms with E-state index in [1.807, 2.05) is 6.21 Å². The molecule has 94 valence electrons. The molecule has 1 spiro atoms. The minimum atomic E-state index is -0.0947. The fourth-order valence-electron chi connectivity index (χ4n) is 3.10. The first kappa shape index (κ1) is 10.9. The van der Waals surface area contributed by atoms with Crippen molar-refractivity contribution in [3.05, 3.63) is 47.9 Å². The lowest BCUT2D eigenvalue weighted by molar-refractivity contribution is 0.456. The molecule has 2 heterocycles. The number of aliphatic imine (C=N–C) groups is 3. The van der Waals surface area contributed by atoms with Crippen LogP contribution in [0.5, 0.6) is 0 Å². The van der Waals surface area contributed by atoms with Crippen LogP contribution in [0, 0.1) is 5.41 Å². The van der Waals surface area contributed by atoms with E-state index in [9.17, 15) is 0 Å². The number of nitrogens with zero attached hydrogens (tertiary/aromatic N) is 3. The molecule has 1 unspecified atom stereocenters. The Morgan fingerprint density at radius 1 is 1.16 bits per heavy atom. The number of fused-ring (bicyclic) bond motifs is 1. The molecule has 0 amide bonds. The summed E-state index contributed by atoms with van der Waals surface area (Å²) < 4.78 is 0. The van der Waals surface area contributed by atoms with Crippen LogP contribution in [0.1, 0.15) is 25.7 Å². The first-order valence-electron chi connectivity index (χ1n) is 6.83. The van der Waals surface area contributed by atoms with Crippen LogP contribution in [0.2, 0.25) is 0 Å². The van der Waals surface area contributed by atoms with E-state index in [-0.39, 0.29) is 5.41 Å². The lowest BCUT2D eigenvalue weighted by atomic mass is 9.73. The van der Waals surface area contributed by atoms with Crippen molar-refractivity contribution in [3.63, 3.8) is 0 Å². The summed E-state index contributed by atoms with van der Waals surface area (Å²) in [6.45, 7) is 0. The van der Waals surface area contributed by atoms with Crippen molar-refractivity contribution in [1.29, 1.82) is 0 Å². The van der Waals surface area contributed by atoms with Gasteiger partial charge in [0.1, 0.15) is 5.84 Å². The average Bonchev–Trinajstić information content (AvgIpc) is 2.60. The average molecular weight is 249 g/mol. The van der Waals surface area contributed by atoms with E-state index in [0.29, 0.717) is 0 Å². The molecule has 3 nitrogen and oxygen atoms in total. The second-order valence-electron chi connectivity index (χ2n) is 5.28. The van der Waals surface area contributed by atoms with Crippen LogP contribution in [-0.2, 0) is 0 Å². The minimum Gasteiger partial charge on any atom is -0.250 e. The molecule has 0 aromatic heterocycles. The molecule has 0 saturated heterocycles. The van der Waals surface area contributed by atoms with Crippen molar-refractivity contribution in [2.75, 3.05) is 0 Å². The molecular weight excluding hydrogens is 234 g/mol. The zero-order chi connectivity index (χ0) is 12.7. The van der Waals surface area contributed by atoms with Crippen molar-refractivity contribution in [3.8, 4) is 0 Å². The normalized spacial score (nSPS) is 31.2. The third-order valence-electron chi connectivity index (χ3n) is 4.14. The number of allylic oxidation sites excluding steroid dienone is 6. The molecule has 2 aliphatic carbocycles. The molecule has 0 radical (unpaired) electrons. The molecule has 19 heavy (non-hydrogen) atoms. The predicted molar refractivity (Wildman–Crippen MR) is 78.7 cm³/mol. The molecule has 4 aliphatic rings. The zero-order valence-electron chi connectivity index (χ0n) is 10.7. The van der Waals surface area contributed by atoms with Gasteiger partial charge >= 0.3 is 0 Å². The van der Waals surface area contributed by atoms with Gasteiger partial charge in [0.25, 0.3) is 0 Å². The van der Waals surface area contributed by atoms with Gasteiger partial charge in [0, 0.05) is 6.21 Å². The van der Waals surface area contributed by atoms with Gasteiger partial charge in [-0.3, -0.25) is 4.99 Å². The fraction of sp³-hybridized carbons (Fsp3) is 0.312. The third kappa shape index (κ3) is 1.54. The van der Waals surface area contributed by atoms with E-state index in [1.165, 1.54) is 0 Å². The molecule has 0 bridgehead atoms. The maximum atomic E-state index is 4.88. The van der Waals surface area contributed by atoms with E-state index in [1.54, 1.807) is 0 Å². The van der Waals surface area contributed by atoms with Gasteiger partial charge in [0.05, 0.1) is 22.5 Å². The Labute approximate surface area is 112 Å². The maximum Gasteiger partial charge on any atom is 0.141 e. The Bertz CT molecular complexity index is 641. The Hall–Kier alpha value is -2.03. The van der Waals surface area contributed by atoms with Crippen molar-refractivity contribution in [1.82, 2.24) is 0 Å². The lowest BCUT2D eigenvalue weighted by Crippen LogP contribution is -2.34. The highest BCUT2D eigenvalue weighted by molar-refractivity contribution is 6.13. The molecule has 0 fully saturated rings.